The van der Waals surface area contributed by atoms with Crippen LogP contribution in [0.5, 0.6) is 0 Å². The van der Waals surface area contributed by atoms with Gasteiger partial charge in [-0.3, -0.25) is 4.57 Å². The van der Waals surface area contributed by atoms with E-state index >= 15 is 0 Å². The van der Waals surface area contributed by atoms with Crippen LogP contribution in [-0.4, -0.2) is 9.55 Å². The first-order valence-electron chi connectivity index (χ1n) is 5.17. The largest absolute Gasteiger partial charge is 0.375 e. The van der Waals surface area contributed by atoms with Crippen LogP contribution in [0.1, 0.15) is 12.4 Å². The van der Waals surface area contributed by atoms with Crippen molar-refractivity contribution in [3.05, 3.63) is 46.5 Å². The van der Waals surface area contributed by atoms with Gasteiger partial charge in [0.1, 0.15) is 17.5 Å². The highest BCUT2D eigenvalue weighted by Crippen LogP contribution is 2.24. The zero-order valence-corrected chi connectivity index (χ0v) is 11.0. The molecule has 0 unspecified atom stereocenters. The monoisotopic (exact) mass is 337 g/mol. The Kier molecular flexibility index (Phi) is 4.08. The van der Waals surface area contributed by atoms with Gasteiger partial charge in [0.15, 0.2) is 0 Å². The lowest BCUT2D eigenvalue weighted by Crippen LogP contribution is -2.10. The van der Waals surface area contributed by atoms with Crippen LogP contribution in [0.15, 0.2) is 29.0 Å². The Balaban J connectivity index is 2.15. The minimum atomic E-state index is -2.73. The Bertz CT molecular complexity index is 585. The minimum Gasteiger partial charge on any atom is -0.375 e. The molecule has 0 fully saturated rings. The highest BCUT2D eigenvalue weighted by atomic mass is 79.9. The van der Waals surface area contributed by atoms with E-state index in [1.165, 1.54) is 6.20 Å². The van der Waals surface area contributed by atoms with Crippen molar-refractivity contribution in [3.63, 3.8) is 0 Å². The summed E-state index contributed by atoms with van der Waals surface area (Å²) in [5, 5.41) is 2.53. The first kappa shape index (κ1) is 13.9. The molecule has 1 heterocycles. The highest BCUT2D eigenvalue weighted by Gasteiger charge is 2.13. The fourth-order valence-corrected chi connectivity index (χ4v) is 1.81. The van der Waals surface area contributed by atoms with E-state index in [4.69, 9.17) is 0 Å². The van der Waals surface area contributed by atoms with Crippen LogP contribution in [0.2, 0.25) is 0 Å². The van der Waals surface area contributed by atoms with Crippen LogP contribution in [0.4, 0.5) is 23.2 Å². The summed E-state index contributed by atoms with van der Waals surface area (Å²) in [6.07, 6.45) is 2.32. The van der Waals surface area contributed by atoms with Gasteiger partial charge in [-0.25, -0.2) is 13.8 Å². The van der Waals surface area contributed by atoms with Gasteiger partial charge in [0.25, 0.3) is 0 Å². The van der Waals surface area contributed by atoms with Gasteiger partial charge in [-0.1, -0.05) is 0 Å². The molecule has 2 rings (SSSR count). The summed E-state index contributed by atoms with van der Waals surface area (Å²) in [5.41, 5.74) is -0.121. The molecule has 8 heteroatoms. The third-order valence-electron chi connectivity index (χ3n) is 2.41. The van der Waals surface area contributed by atoms with Gasteiger partial charge in [-0.15, -0.1) is 0 Å². The predicted molar refractivity (Wildman–Crippen MR) is 64.9 cm³/mol. The number of benzene rings is 1. The molecule has 1 aromatic heterocycles. The van der Waals surface area contributed by atoms with Crippen LogP contribution in [-0.2, 0) is 6.54 Å². The standard InChI is InChI=1S/C11H8BrF4N3/c12-6-3-8(14)9(4-7(6)13)18-5-10-17-1-2-19(10)11(15)16/h1-4,11,18H,5H2. The molecule has 0 saturated carbocycles. The average molecular weight is 338 g/mol. The van der Waals surface area contributed by atoms with E-state index < -0.39 is 18.2 Å². The fraction of sp³-hybridized carbons (Fsp3) is 0.182. The van der Waals surface area contributed by atoms with Crippen LogP contribution in [0.25, 0.3) is 0 Å². The number of hydrogen-bond donors (Lipinski definition) is 1. The number of hydrogen-bond acceptors (Lipinski definition) is 2. The molecule has 0 aliphatic rings. The molecule has 1 aromatic carbocycles. The molecule has 1 N–H and O–H groups in total. The van der Waals surface area contributed by atoms with E-state index in [1.54, 1.807) is 0 Å². The Labute approximate surface area is 114 Å². The molecular weight excluding hydrogens is 330 g/mol. The third-order valence-corrected chi connectivity index (χ3v) is 3.01. The van der Waals surface area contributed by atoms with E-state index in [-0.39, 0.29) is 22.5 Å². The molecule has 0 aliphatic heterocycles. The molecule has 3 nitrogen and oxygen atoms in total. The predicted octanol–water partition coefficient (Wildman–Crippen LogP) is 3.93. The number of imidazole rings is 1. The summed E-state index contributed by atoms with van der Waals surface area (Å²) in [5.74, 6) is -1.32. The lowest BCUT2D eigenvalue weighted by Gasteiger charge is -2.10. The molecule has 0 aliphatic carbocycles. The van der Waals surface area contributed by atoms with Crippen molar-refractivity contribution in [1.82, 2.24) is 9.55 Å². The highest BCUT2D eigenvalue weighted by molar-refractivity contribution is 9.10. The van der Waals surface area contributed by atoms with Gasteiger partial charge in [-0.05, 0) is 22.0 Å². The van der Waals surface area contributed by atoms with Gasteiger partial charge in [0.05, 0.1) is 16.7 Å². The molecular formula is C11H8BrF4N3. The Morgan fingerprint density at radius 1 is 1.26 bits per heavy atom. The van der Waals surface area contributed by atoms with Crippen molar-refractivity contribution in [2.24, 2.45) is 0 Å². The maximum atomic E-state index is 13.5. The van der Waals surface area contributed by atoms with Gasteiger partial charge < -0.3 is 5.32 Å². The van der Waals surface area contributed by atoms with Crippen LogP contribution in [0, 0.1) is 11.6 Å². The van der Waals surface area contributed by atoms with E-state index in [0.717, 1.165) is 18.3 Å². The Morgan fingerprint density at radius 3 is 2.68 bits per heavy atom. The number of alkyl halides is 2. The molecule has 0 atom stereocenters. The normalized spacial score (nSPS) is 11.1. The Morgan fingerprint density at radius 2 is 2.00 bits per heavy atom. The first-order valence-corrected chi connectivity index (χ1v) is 5.96. The summed E-state index contributed by atoms with van der Waals surface area (Å²) in [7, 11) is 0. The van der Waals surface area contributed by atoms with Crippen molar-refractivity contribution in [2.45, 2.75) is 13.1 Å². The van der Waals surface area contributed by atoms with Crippen LogP contribution < -0.4 is 5.32 Å². The van der Waals surface area contributed by atoms with Crippen LogP contribution in [0.3, 0.4) is 0 Å². The third kappa shape index (κ3) is 3.06. The Hall–Kier alpha value is -1.57. The molecule has 19 heavy (non-hydrogen) atoms. The summed E-state index contributed by atoms with van der Waals surface area (Å²) in [4.78, 5) is 3.72. The second-order valence-corrected chi connectivity index (χ2v) is 4.48. The number of nitrogens with zero attached hydrogens (tertiary/aromatic N) is 2. The van der Waals surface area contributed by atoms with E-state index in [1.807, 2.05) is 0 Å². The lowest BCUT2D eigenvalue weighted by molar-refractivity contribution is 0.0673. The number of rotatable bonds is 4. The molecule has 0 bridgehead atoms. The maximum Gasteiger partial charge on any atom is 0.319 e. The summed E-state index contributed by atoms with van der Waals surface area (Å²) < 4.78 is 52.4. The van der Waals surface area contributed by atoms with Crippen molar-refractivity contribution in [2.75, 3.05) is 5.32 Å². The number of anilines is 1. The number of aromatic nitrogens is 2. The quantitative estimate of drug-likeness (QED) is 0.676. The summed E-state index contributed by atoms with van der Waals surface area (Å²) in [6, 6.07) is 1.90. The average Bonchev–Trinajstić information content (AvgIpc) is 2.80. The number of nitrogens with one attached hydrogen (secondary N) is 1. The van der Waals surface area contributed by atoms with Crippen molar-refractivity contribution >= 4 is 21.6 Å². The number of halogens is 5. The second-order valence-electron chi connectivity index (χ2n) is 3.63. The van der Waals surface area contributed by atoms with Gasteiger partial charge in [-0.2, -0.15) is 8.78 Å². The zero-order chi connectivity index (χ0) is 14.0. The molecule has 102 valence electrons. The molecule has 0 amide bonds. The van der Waals surface area contributed by atoms with Crippen molar-refractivity contribution in [3.8, 4) is 0 Å². The molecule has 2 aromatic rings. The SMILES string of the molecule is Fc1cc(NCc2nccn2C(F)F)c(F)cc1Br. The fourth-order valence-electron chi connectivity index (χ4n) is 1.49. The summed E-state index contributed by atoms with van der Waals surface area (Å²) >= 11 is 2.84. The topological polar surface area (TPSA) is 29.9 Å². The van der Waals surface area contributed by atoms with Gasteiger partial charge in [0.2, 0.25) is 0 Å². The van der Waals surface area contributed by atoms with Gasteiger partial charge in [0, 0.05) is 18.5 Å². The smallest absolute Gasteiger partial charge is 0.319 e. The van der Waals surface area contributed by atoms with Gasteiger partial charge >= 0.3 is 6.55 Å². The first-order chi connectivity index (χ1) is 8.99. The maximum absolute atomic E-state index is 13.5. The molecule has 0 saturated heterocycles. The van der Waals surface area contributed by atoms with E-state index in [0.29, 0.717) is 4.57 Å². The van der Waals surface area contributed by atoms with Crippen molar-refractivity contribution < 1.29 is 17.6 Å². The van der Waals surface area contributed by atoms with Crippen LogP contribution >= 0.6 is 15.9 Å². The summed E-state index contributed by atoms with van der Waals surface area (Å²) in [6.45, 7) is -2.87. The van der Waals surface area contributed by atoms with E-state index in [2.05, 4.69) is 26.2 Å². The van der Waals surface area contributed by atoms with E-state index in [9.17, 15) is 17.6 Å². The molecule has 0 radical (unpaired) electrons. The molecule has 0 spiro atoms. The zero-order valence-electron chi connectivity index (χ0n) is 9.38. The second kappa shape index (κ2) is 5.60. The van der Waals surface area contributed by atoms with Crippen molar-refractivity contribution in [1.29, 1.82) is 0 Å². The minimum absolute atomic E-state index is 0.00960. The lowest BCUT2D eigenvalue weighted by atomic mass is 10.3.